The van der Waals surface area contributed by atoms with E-state index in [0.717, 1.165) is 98.6 Å². The lowest BCUT2D eigenvalue weighted by Gasteiger charge is -2.23. The minimum Gasteiger partial charge on any atom is -0.456 e. The van der Waals surface area contributed by atoms with Crippen LogP contribution in [-0.2, 0) is 0 Å². The minimum atomic E-state index is 0.382. The van der Waals surface area contributed by atoms with Crippen LogP contribution in [0.25, 0.3) is 115 Å². The van der Waals surface area contributed by atoms with Gasteiger partial charge in [0.15, 0.2) is 0 Å². The van der Waals surface area contributed by atoms with Gasteiger partial charge in [0.2, 0.25) is 5.69 Å². The molecule has 6 heteroatoms. The van der Waals surface area contributed by atoms with Crippen molar-refractivity contribution in [1.29, 1.82) is 5.26 Å². The smallest absolute Gasteiger partial charge is 0.212 e. The van der Waals surface area contributed by atoms with E-state index in [1.165, 1.54) is 0 Å². The summed E-state index contributed by atoms with van der Waals surface area (Å²) in [6.45, 7) is 8.68. The van der Waals surface area contributed by atoms with Crippen molar-refractivity contribution >= 4 is 93.2 Å². The summed E-state index contributed by atoms with van der Waals surface area (Å²) in [5.41, 5.74) is 10.9. The van der Waals surface area contributed by atoms with Crippen molar-refractivity contribution in [3.05, 3.63) is 175 Å². The van der Waals surface area contributed by atoms with Gasteiger partial charge in [-0.3, -0.25) is 0 Å². The molecule has 0 aliphatic heterocycles. The highest BCUT2D eigenvalue weighted by Gasteiger charge is 2.29. The van der Waals surface area contributed by atoms with E-state index < -0.39 is 0 Å². The average molecular weight is 715 g/mol. The van der Waals surface area contributed by atoms with E-state index in [1.807, 2.05) is 78.9 Å². The van der Waals surface area contributed by atoms with Crippen molar-refractivity contribution in [2.75, 3.05) is 0 Å². The lowest BCUT2D eigenvalue weighted by molar-refractivity contribution is 0.669. The number of fused-ring (bicyclic) bond motifs is 14. The van der Waals surface area contributed by atoms with Gasteiger partial charge >= 0.3 is 0 Å². The molecule has 258 valence electrons. The molecule has 6 nitrogen and oxygen atoms in total. The van der Waals surface area contributed by atoms with Crippen LogP contribution >= 0.6 is 0 Å². The van der Waals surface area contributed by atoms with E-state index in [-0.39, 0.29) is 0 Å². The molecule has 0 radical (unpaired) electrons. The van der Waals surface area contributed by atoms with Crippen LogP contribution in [0.5, 0.6) is 0 Å². The van der Waals surface area contributed by atoms with Crippen molar-refractivity contribution in [3.8, 4) is 28.6 Å². The van der Waals surface area contributed by atoms with Gasteiger partial charge < -0.3 is 18.0 Å². The van der Waals surface area contributed by atoms with Crippen molar-refractivity contribution in [2.24, 2.45) is 0 Å². The van der Waals surface area contributed by atoms with Crippen LogP contribution in [0, 0.1) is 17.9 Å². The van der Waals surface area contributed by atoms with Crippen LogP contribution in [0.15, 0.2) is 167 Å². The number of furan rings is 2. The molecule has 12 rings (SSSR count). The lowest BCUT2D eigenvalue weighted by atomic mass is 9.95. The molecule has 0 N–H and O–H groups in total. The molecular formula is C50H26N4O2. The molecule has 0 amide bonds. The van der Waals surface area contributed by atoms with Crippen LogP contribution in [0.1, 0.15) is 5.56 Å². The van der Waals surface area contributed by atoms with Crippen molar-refractivity contribution < 1.29 is 8.83 Å². The Morgan fingerprint density at radius 2 is 0.946 bits per heavy atom. The average Bonchev–Trinajstić information content (AvgIpc) is 4.00. The minimum absolute atomic E-state index is 0.382. The van der Waals surface area contributed by atoms with E-state index in [0.29, 0.717) is 22.6 Å². The predicted molar refractivity (Wildman–Crippen MR) is 226 cm³/mol. The van der Waals surface area contributed by atoms with Gasteiger partial charge in [0, 0.05) is 48.7 Å². The second kappa shape index (κ2) is 11.2. The molecule has 0 saturated heterocycles. The SMILES string of the molecule is [C-]#[N+]c1cc(C#N)c(-n2c3ccccc3c3c4c(ccc32)oc2ccccc24)c(-c2ccccc2)c1-n1c2ccccc2c2c3c(ccc21)oc1ccccc13. The zero-order valence-electron chi connectivity index (χ0n) is 29.6. The molecule has 12 aromatic rings. The van der Waals surface area contributed by atoms with Gasteiger partial charge in [-0.1, -0.05) is 103 Å². The molecule has 0 saturated carbocycles. The fourth-order valence-electron chi connectivity index (χ4n) is 9.19. The number of hydrogen-bond donors (Lipinski definition) is 0. The summed E-state index contributed by atoms with van der Waals surface area (Å²) >= 11 is 0. The Bertz CT molecular complexity index is 3510. The summed E-state index contributed by atoms with van der Waals surface area (Å²) in [7, 11) is 0. The van der Waals surface area contributed by atoms with Crippen LogP contribution in [-0.4, -0.2) is 9.13 Å². The maximum absolute atomic E-state index is 11.1. The van der Waals surface area contributed by atoms with E-state index in [1.54, 1.807) is 6.07 Å². The highest BCUT2D eigenvalue weighted by Crippen LogP contribution is 2.50. The van der Waals surface area contributed by atoms with Gasteiger partial charge in [0.1, 0.15) is 28.4 Å². The monoisotopic (exact) mass is 714 g/mol. The van der Waals surface area contributed by atoms with E-state index >= 15 is 0 Å². The Labute approximate surface area is 318 Å². The van der Waals surface area contributed by atoms with Crippen molar-refractivity contribution in [1.82, 2.24) is 9.13 Å². The Morgan fingerprint density at radius 1 is 0.464 bits per heavy atom. The third-order valence-electron chi connectivity index (χ3n) is 11.4. The Kier molecular flexibility index (Phi) is 6.10. The summed E-state index contributed by atoms with van der Waals surface area (Å²) in [6.07, 6.45) is 0. The normalized spacial score (nSPS) is 11.9. The van der Waals surface area contributed by atoms with Gasteiger partial charge in [-0.15, -0.1) is 0 Å². The van der Waals surface area contributed by atoms with Gasteiger partial charge in [0.25, 0.3) is 0 Å². The summed E-state index contributed by atoms with van der Waals surface area (Å²) in [5.74, 6) is 0. The Hall–Kier alpha value is -8.06. The molecule has 4 aromatic heterocycles. The van der Waals surface area contributed by atoms with E-state index in [9.17, 15) is 5.26 Å². The zero-order chi connectivity index (χ0) is 37.1. The fraction of sp³-hybridized carbons (Fsp3) is 0. The highest BCUT2D eigenvalue weighted by atomic mass is 16.3. The molecular weight excluding hydrogens is 689 g/mol. The van der Waals surface area contributed by atoms with Crippen LogP contribution in [0.3, 0.4) is 0 Å². The van der Waals surface area contributed by atoms with Crippen LogP contribution < -0.4 is 0 Å². The summed E-state index contributed by atoms with van der Waals surface area (Å²) in [6, 6.07) is 55.7. The summed E-state index contributed by atoms with van der Waals surface area (Å²) in [5, 5.41) is 19.4. The first-order valence-corrected chi connectivity index (χ1v) is 18.4. The Balaban J connectivity index is 1.31. The standard InChI is InChI=1S/C50H26N4O2/c1-52-35-27-30(28-51)49(53-36-19-9-5-15-31(36)45-38(53)23-25-42-47(45)33-17-7-11-21-40(33)55-42)44(29-13-3-2-4-14-29)50(35)54-37-20-10-6-16-32(37)46-39(54)24-26-43-48(46)34-18-8-12-22-41(34)56-43/h2-27H. The maximum Gasteiger partial charge on any atom is 0.212 e. The molecule has 56 heavy (non-hydrogen) atoms. The van der Waals surface area contributed by atoms with Crippen molar-refractivity contribution in [2.45, 2.75) is 0 Å². The summed E-state index contributed by atoms with van der Waals surface area (Å²) < 4.78 is 17.2. The third kappa shape index (κ3) is 3.92. The number of para-hydroxylation sites is 4. The van der Waals surface area contributed by atoms with Gasteiger partial charge in [-0.25, -0.2) is 4.85 Å². The number of nitrogens with zero attached hydrogens (tertiary/aromatic N) is 4. The summed E-state index contributed by atoms with van der Waals surface area (Å²) in [4.78, 5) is 4.19. The molecule has 8 aromatic carbocycles. The first-order chi connectivity index (χ1) is 27.7. The number of benzene rings is 8. The van der Waals surface area contributed by atoms with Crippen LogP contribution in [0.4, 0.5) is 5.69 Å². The molecule has 0 fully saturated rings. The molecule has 0 spiro atoms. The molecule has 0 unspecified atom stereocenters. The van der Waals surface area contributed by atoms with E-state index in [4.69, 9.17) is 15.4 Å². The van der Waals surface area contributed by atoms with Gasteiger partial charge in [-0.2, -0.15) is 5.26 Å². The Morgan fingerprint density at radius 3 is 1.48 bits per heavy atom. The molecule has 0 atom stereocenters. The number of rotatable bonds is 3. The fourth-order valence-corrected chi connectivity index (χ4v) is 9.19. The van der Waals surface area contributed by atoms with Gasteiger partial charge in [-0.05, 0) is 60.2 Å². The first-order valence-electron chi connectivity index (χ1n) is 18.4. The molecule has 0 bridgehead atoms. The predicted octanol–water partition coefficient (Wildman–Crippen LogP) is 13.8. The first kappa shape index (κ1) is 30.4. The highest BCUT2D eigenvalue weighted by molar-refractivity contribution is 6.29. The number of nitriles is 1. The molecule has 4 heterocycles. The number of hydrogen-bond acceptors (Lipinski definition) is 3. The zero-order valence-corrected chi connectivity index (χ0v) is 29.6. The van der Waals surface area contributed by atoms with Gasteiger partial charge in [0.05, 0.1) is 45.6 Å². The lowest BCUT2D eigenvalue weighted by Crippen LogP contribution is -2.06. The number of aromatic nitrogens is 2. The molecule has 0 aliphatic rings. The maximum atomic E-state index is 11.1. The largest absolute Gasteiger partial charge is 0.456 e. The topological polar surface area (TPSA) is 64.3 Å². The quantitative estimate of drug-likeness (QED) is 0.171. The molecule has 0 aliphatic carbocycles. The second-order valence-corrected chi connectivity index (χ2v) is 14.2. The third-order valence-corrected chi connectivity index (χ3v) is 11.4. The van der Waals surface area contributed by atoms with Crippen LogP contribution in [0.2, 0.25) is 0 Å². The van der Waals surface area contributed by atoms with Crippen molar-refractivity contribution in [3.63, 3.8) is 0 Å². The van der Waals surface area contributed by atoms with E-state index in [2.05, 4.69) is 92.8 Å². The second-order valence-electron chi connectivity index (χ2n) is 14.2.